The number of guanidine groups is 1. The Balaban J connectivity index is 0.00000225. The average Bonchev–Trinajstić information content (AvgIpc) is 3.09. The number of hydrogen-bond donors (Lipinski definition) is 1. The third kappa shape index (κ3) is 5.27. The maximum absolute atomic E-state index is 13.0. The number of aliphatic imine (C=N–C) groups is 1. The Bertz CT molecular complexity index is 695. The van der Waals surface area contributed by atoms with Crippen LogP contribution in [-0.2, 0) is 13.0 Å². The topological polar surface area (TPSA) is 57.8 Å². The lowest BCUT2D eigenvalue weighted by Crippen LogP contribution is -2.51. The zero-order valence-corrected chi connectivity index (χ0v) is 17.3. The van der Waals surface area contributed by atoms with Gasteiger partial charge in [-0.05, 0) is 30.7 Å². The van der Waals surface area contributed by atoms with Crippen molar-refractivity contribution < 1.29 is 4.39 Å². The van der Waals surface area contributed by atoms with Gasteiger partial charge in [0.25, 0.3) is 0 Å². The van der Waals surface area contributed by atoms with Crippen LogP contribution in [0.3, 0.4) is 0 Å². The minimum atomic E-state index is -0.206. The largest absolute Gasteiger partial charge is 0.370 e. The quantitative estimate of drug-likeness (QED) is 0.420. The highest BCUT2D eigenvalue weighted by atomic mass is 127. The van der Waals surface area contributed by atoms with Gasteiger partial charge in [0, 0.05) is 37.2 Å². The van der Waals surface area contributed by atoms with Crippen molar-refractivity contribution in [3.63, 3.8) is 0 Å². The Hall–Kier alpha value is -1.42. The van der Waals surface area contributed by atoms with Gasteiger partial charge >= 0.3 is 0 Å². The SMILES string of the molecule is CCc1nc(CN=C(N)N2CCN(c3ccc(F)cc3)CC2)cs1.I. The molecule has 2 N–H and O–H groups in total. The molecule has 0 atom stereocenters. The fourth-order valence-electron chi connectivity index (χ4n) is 2.69. The molecule has 25 heavy (non-hydrogen) atoms. The van der Waals surface area contributed by atoms with E-state index in [0.717, 1.165) is 49.0 Å². The first kappa shape index (κ1) is 19.9. The summed E-state index contributed by atoms with van der Waals surface area (Å²) in [5.74, 6) is 0.363. The predicted octanol–water partition coefficient (Wildman–Crippen LogP) is 3.10. The maximum Gasteiger partial charge on any atom is 0.191 e. The molecule has 8 heteroatoms. The normalized spacial score (nSPS) is 15.2. The van der Waals surface area contributed by atoms with Gasteiger partial charge in [-0.2, -0.15) is 0 Å². The second-order valence-corrected chi connectivity index (χ2v) is 6.65. The molecule has 1 aliphatic heterocycles. The van der Waals surface area contributed by atoms with Gasteiger partial charge in [0.2, 0.25) is 0 Å². The number of benzene rings is 1. The summed E-state index contributed by atoms with van der Waals surface area (Å²) in [5, 5.41) is 3.17. The van der Waals surface area contributed by atoms with Crippen molar-refractivity contribution >= 4 is 47.0 Å². The van der Waals surface area contributed by atoms with Crippen molar-refractivity contribution in [2.24, 2.45) is 10.7 Å². The number of nitrogens with two attached hydrogens (primary N) is 1. The van der Waals surface area contributed by atoms with Gasteiger partial charge in [-0.15, -0.1) is 35.3 Å². The van der Waals surface area contributed by atoms with Crippen LogP contribution in [0, 0.1) is 5.82 Å². The van der Waals surface area contributed by atoms with Crippen LogP contribution >= 0.6 is 35.3 Å². The maximum atomic E-state index is 13.0. The molecule has 1 aromatic carbocycles. The van der Waals surface area contributed by atoms with Gasteiger partial charge in [-0.1, -0.05) is 6.92 Å². The van der Waals surface area contributed by atoms with Crippen molar-refractivity contribution in [2.75, 3.05) is 31.1 Å². The van der Waals surface area contributed by atoms with Crippen molar-refractivity contribution in [3.05, 3.63) is 46.2 Å². The summed E-state index contributed by atoms with van der Waals surface area (Å²) in [7, 11) is 0. The lowest BCUT2D eigenvalue weighted by Gasteiger charge is -2.36. The number of rotatable bonds is 4. The highest BCUT2D eigenvalue weighted by molar-refractivity contribution is 14.0. The van der Waals surface area contributed by atoms with Crippen molar-refractivity contribution in [1.82, 2.24) is 9.88 Å². The summed E-state index contributed by atoms with van der Waals surface area (Å²) in [6.45, 7) is 5.94. The molecule has 0 aliphatic carbocycles. The van der Waals surface area contributed by atoms with Crippen molar-refractivity contribution in [3.8, 4) is 0 Å². The number of anilines is 1. The van der Waals surface area contributed by atoms with Gasteiger partial charge in [0.15, 0.2) is 5.96 Å². The molecule has 1 fully saturated rings. The molecule has 0 bridgehead atoms. The molecule has 3 rings (SSSR count). The Kier molecular flexibility index (Phi) is 7.42. The smallest absolute Gasteiger partial charge is 0.191 e. The van der Waals surface area contributed by atoms with E-state index in [4.69, 9.17) is 5.73 Å². The van der Waals surface area contributed by atoms with Gasteiger partial charge in [0.1, 0.15) is 5.82 Å². The van der Waals surface area contributed by atoms with E-state index in [9.17, 15) is 4.39 Å². The predicted molar refractivity (Wildman–Crippen MR) is 112 cm³/mol. The van der Waals surface area contributed by atoms with Crippen LogP contribution in [-0.4, -0.2) is 42.0 Å². The third-order valence-corrected chi connectivity index (χ3v) is 5.14. The second-order valence-electron chi connectivity index (χ2n) is 5.71. The van der Waals surface area contributed by atoms with Crippen LogP contribution in [0.25, 0.3) is 0 Å². The zero-order valence-electron chi connectivity index (χ0n) is 14.2. The first-order valence-electron chi connectivity index (χ1n) is 8.14. The van der Waals surface area contributed by atoms with Crippen LogP contribution in [0.1, 0.15) is 17.6 Å². The minimum Gasteiger partial charge on any atom is -0.370 e. The molecular formula is C17H23FIN5S. The highest BCUT2D eigenvalue weighted by Gasteiger charge is 2.18. The van der Waals surface area contributed by atoms with Crippen LogP contribution in [0.5, 0.6) is 0 Å². The summed E-state index contributed by atoms with van der Waals surface area (Å²) in [5.41, 5.74) is 8.14. The van der Waals surface area contributed by atoms with Gasteiger partial charge in [0.05, 0.1) is 17.2 Å². The number of hydrogen-bond acceptors (Lipinski definition) is 4. The number of halogens is 2. The van der Waals surface area contributed by atoms with E-state index in [1.165, 1.54) is 12.1 Å². The summed E-state index contributed by atoms with van der Waals surface area (Å²) in [6.07, 6.45) is 0.954. The Morgan fingerprint density at radius 1 is 1.24 bits per heavy atom. The molecular weight excluding hydrogens is 452 g/mol. The van der Waals surface area contributed by atoms with Crippen molar-refractivity contribution in [2.45, 2.75) is 19.9 Å². The summed E-state index contributed by atoms with van der Waals surface area (Å²) >= 11 is 1.67. The van der Waals surface area contributed by atoms with Gasteiger partial charge in [-0.25, -0.2) is 14.4 Å². The third-order valence-electron chi connectivity index (χ3n) is 4.10. The number of piperazine rings is 1. The molecule has 0 saturated carbocycles. The van der Waals surface area contributed by atoms with E-state index in [1.54, 1.807) is 11.3 Å². The van der Waals surface area contributed by atoms with Gasteiger partial charge in [-0.3, -0.25) is 0 Å². The lowest BCUT2D eigenvalue weighted by molar-refractivity contribution is 0.380. The van der Waals surface area contributed by atoms with Gasteiger partial charge < -0.3 is 15.5 Å². The van der Waals surface area contributed by atoms with E-state index < -0.39 is 0 Å². The van der Waals surface area contributed by atoms with E-state index in [-0.39, 0.29) is 29.8 Å². The Morgan fingerprint density at radius 2 is 1.92 bits per heavy atom. The summed E-state index contributed by atoms with van der Waals surface area (Å²) in [6, 6.07) is 6.62. The minimum absolute atomic E-state index is 0. The molecule has 0 radical (unpaired) electrons. The first-order valence-corrected chi connectivity index (χ1v) is 9.02. The Labute approximate surface area is 168 Å². The molecule has 0 amide bonds. The van der Waals surface area contributed by atoms with Crippen molar-refractivity contribution in [1.29, 1.82) is 0 Å². The fraction of sp³-hybridized carbons (Fsp3) is 0.412. The van der Waals surface area contributed by atoms with Crippen LogP contribution in [0.2, 0.25) is 0 Å². The first-order chi connectivity index (χ1) is 11.7. The summed E-state index contributed by atoms with van der Waals surface area (Å²) < 4.78 is 13.0. The Morgan fingerprint density at radius 3 is 2.52 bits per heavy atom. The molecule has 136 valence electrons. The van der Waals surface area contributed by atoms with E-state index >= 15 is 0 Å². The molecule has 1 aliphatic rings. The van der Waals surface area contributed by atoms with Crippen LogP contribution in [0.15, 0.2) is 34.6 Å². The van der Waals surface area contributed by atoms with Crippen LogP contribution in [0.4, 0.5) is 10.1 Å². The monoisotopic (exact) mass is 475 g/mol. The molecule has 5 nitrogen and oxygen atoms in total. The second kappa shape index (κ2) is 9.33. The molecule has 0 unspecified atom stereocenters. The molecule has 0 spiro atoms. The zero-order chi connectivity index (χ0) is 16.9. The van der Waals surface area contributed by atoms with E-state index in [1.807, 2.05) is 17.5 Å². The number of aromatic nitrogens is 1. The van der Waals surface area contributed by atoms with E-state index in [2.05, 4.69) is 26.7 Å². The molecule has 1 saturated heterocycles. The molecule has 1 aromatic heterocycles. The molecule has 2 heterocycles. The number of aryl methyl sites for hydroxylation is 1. The molecule has 2 aromatic rings. The highest BCUT2D eigenvalue weighted by Crippen LogP contribution is 2.17. The number of thiazole rings is 1. The van der Waals surface area contributed by atoms with Crippen LogP contribution < -0.4 is 10.6 Å². The standard InChI is InChI=1S/C17H22FN5S.HI/c1-2-16-21-14(12-24-16)11-20-17(19)23-9-7-22(8-10-23)15-5-3-13(18)4-6-15;/h3-6,12H,2,7-11H2,1H3,(H2,19,20);1H. The average molecular weight is 475 g/mol. The number of nitrogens with zero attached hydrogens (tertiary/aromatic N) is 4. The summed E-state index contributed by atoms with van der Waals surface area (Å²) in [4.78, 5) is 13.3. The lowest BCUT2D eigenvalue weighted by atomic mass is 10.2. The fourth-order valence-corrected chi connectivity index (χ4v) is 3.43. The van der Waals surface area contributed by atoms with E-state index in [0.29, 0.717) is 12.5 Å².